The van der Waals surface area contributed by atoms with Crippen molar-refractivity contribution in [2.45, 2.75) is 20.4 Å². The maximum absolute atomic E-state index is 12.2. The highest BCUT2D eigenvalue weighted by atomic mass is 35.5. The summed E-state index contributed by atoms with van der Waals surface area (Å²) in [6.07, 6.45) is 0. The fourth-order valence-electron chi connectivity index (χ4n) is 2.36. The number of halogens is 1. The van der Waals surface area contributed by atoms with Crippen molar-refractivity contribution in [2.75, 3.05) is 18.4 Å². The Kier molecular flexibility index (Phi) is 6.57. The Hall–Kier alpha value is -1.90. The zero-order valence-electron chi connectivity index (χ0n) is 14.0. The van der Waals surface area contributed by atoms with Gasteiger partial charge in [-0.15, -0.1) is 23.7 Å². The molecule has 2 aromatic heterocycles. The number of hydrogen-bond acceptors (Lipinski definition) is 6. The molecular weight excluding hydrogens is 364 g/mol. The van der Waals surface area contributed by atoms with Crippen molar-refractivity contribution < 1.29 is 14.0 Å². The summed E-state index contributed by atoms with van der Waals surface area (Å²) in [6.45, 7) is 5.52. The number of hydrogen-bond donors (Lipinski definition) is 3. The third-order valence-electron chi connectivity index (χ3n) is 4.09. The average molecular weight is 385 g/mol. The van der Waals surface area contributed by atoms with Crippen molar-refractivity contribution in [1.82, 2.24) is 15.6 Å². The number of rotatable bonds is 6. The fourth-order valence-corrected chi connectivity index (χ4v) is 3.07. The molecule has 1 aliphatic heterocycles. The van der Waals surface area contributed by atoms with Crippen molar-refractivity contribution in [3.05, 3.63) is 23.3 Å². The third kappa shape index (κ3) is 4.81. The van der Waals surface area contributed by atoms with Gasteiger partial charge in [0.15, 0.2) is 10.9 Å². The first kappa shape index (κ1) is 19.4. The Balaban J connectivity index is 0.00000225. The van der Waals surface area contributed by atoms with Crippen LogP contribution in [-0.2, 0) is 16.1 Å². The lowest BCUT2D eigenvalue weighted by Crippen LogP contribution is -2.48. The molecule has 1 fully saturated rings. The van der Waals surface area contributed by atoms with Gasteiger partial charge in [0.05, 0.1) is 6.54 Å². The normalized spacial score (nSPS) is 15.0. The van der Waals surface area contributed by atoms with Gasteiger partial charge < -0.3 is 20.4 Å². The van der Waals surface area contributed by atoms with Crippen molar-refractivity contribution in [1.29, 1.82) is 0 Å². The van der Waals surface area contributed by atoms with Gasteiger partial charge in [-0.25, -0.2) is 4.98 Å². The van der Waals surface area contributed by atoms with Crippen LogP contribution in [-0.4, -0.2) is 29.9 Å². The molecule has 136 valence electrons. The number of aromatic nitrogens is 1. The number of anilines is 1. The van der Waals surface area contributed by atoms with Crippen LogP contribution >= 0.6 is 23.7 Å². The van der Waals surface area contributed by atoms with E-state index >= 15 is 0 Å². The summed E-state index contributed by atoms with van der Waals surface area (Å²) in [5.74, 6) is 1.51. The van der Waals surface area contributed by atoms with Gasteiger partial charge in [-0.2, -0.15) is 0 Å². The van der Waals surface area contributed by atoms with Gasteiger partial charge in [-0.3, -0.25) is 9.59 Å². The van der Waals surface area contributed by atoms with Crippen LogP contribution in [0.3, 0.4) is 0 Å². The lowest BCUT2D eigenvalue weighted by molar-refractivity contribution is -0.121. The van der Waals surface area contributed by atoms with Crippen LogP contribution in [0, 0.1) is 11.8 Å². The first-order valence-electron chi connectivity index (χ1n) is 7.83. The highest BCUT2D eigenvalue weighted by molar-refractivity contribution is 7.14. The van der Waals surface area contributed by atoms with Crippen molar-refractivity contribution in [3.8, 4) is 11.5 Å². The molecule has 3 N–H and O–H groups in total. The maximum atomic E-state index is 12.2. The van der Waals surface area contributed by atoms with E-state index in [1.807, 2.05) is 12.3 Å². The first-order valence-corrected chi connectivity index (χ1v) is 8.71. The zero-order chi connectivity index (χ0) is 17.1. The standard InChI is InChI=1S/C16H20N4O3S.ClH/c1-9(11-5-17-6-11)15(22)20-16-19-13(8-24-16)14-4-3-12(23-14)7-18-10(2)21;/h3-4,8-9,11,17H,5-7H2,1-2H3,(H,18,21)(H,19,20,22);1H. The Morgan fingerprint density at radius 3 is 2.84 bits per heavy atom. The van der Waals surface area contributed by atoms with Crippen molar-refractivity contribution in [2.24, 2.45) is 11.8 Å². The summed E-state index contributed by atoms with van der Waals surface area (Å²) in [5, 5.41) is 11.1. The van der Waals surface area contributed by atoms with E-state index in [1.165, 1.54) is 18.3 Å². The van der Waals surface area contributed by atoms with Gasteiger partial charge in [0.2, 0.25) is 11.8 Å². The summed E-state index contributed by atoms with van der Waals surface area (Å²) in [5.41, 5.74) is 0.669. The molecule has 1 atom stereocenters. The second-order valence-corrected chi connectivity index (χ2v) is 6.77. The Labute approximate surface area is 156 Å². The molecule has 2 aromatic rings. The lowest BCUT2D eigenvalue weighted by Gasteiger charge is -2.31. The van der Waals surface area contributed by atoms with Crippen LogP contribution < -0.4 is 16.0 Å². The number of nitrogens with zero attached hydrogens (tertiary/aromatic N) is 1. The summed E-state index contributed by atoms with van der Waals surface area (Å²) < 4.78 is 5.66. The van der Waals surface area contributed by atoms with Gasteiger partial charge in [-0.1, -0.05) is 6.92 Å². The Bertz CT molecular complexity index is 741. The molecule has 1 unspecified atom stereocenters. The Morgan fingerprint density at radius 1 is 1.44 bits per heavy atom. The molecule has 3 rings (SSSR count). The number of thiazole rings is 1. The maximum Gasteiger partial charge on any atom is 0.229 e. The summed E-state index contributed by atoms with van der Waals surface area (Å²) in [6, 6.07) is 3.61. The van der Waals surface area contributed by atoms with E-state index in [2.05, 4.69) is 20.9 Å². The average Bonchev–Trinajstić information content (AvgIpc) is 3.11. The van der Waals surface area contributed by atoms with E-state index < -0.39 is 0 Å². The van der Waals surface area contributed by atoms with Crippen LogP contribution in [0.2, 0.25) is 0 Å². The number of carbonyl (C=O) groups excluding carboxylic acids is 2. The molecule has 0 bridgehead atoms. The second-order valence-electron chi connectivity index (χ2n) is 5.91. The smallest absolute Gasteiger partial charge is 0.229 e. The van der Waals surface area contributed by atoms with Gasteiger partial charge in [0.1, 0.15) is 11.5 Å². The molecule has 0 saturated carbocycles. The lowest BCUT2D eigenvalue weighted by atomic mass is 9.88. The summed E-state index contributed by atoms with van der Waals surface area (Å²) >= 11 is 1.37. The molecule has 0 radical (unpaired) electrons. The number of carbonyl (C=O) groups is 2. The van der Waals surface area contributed by atoms with Gasteiger partial charge in [-0.05, 0) is 31.1 Å². The first-order chi connectivity index (χ1) is 11.5. The molecular formula is C16H21ClN4O3S. The van der Waals surface area contributed by atoms with E-state index in [-0.39, 0.29) is 30.1 Å². The molecule has 9 heteroatoms. The number of amides is 2. The van der Waals surface area contributed by atoms with Gasteiger partial charge >= 0.3 is 0 Å². The van der Waals surface area contributed by atoms with Gasteiger partial charge in [0, 0.05) is 18.2 Å². The van der Waals surface area contributed by atoms with E-state index in [0.717, 1.165) is 13.1 Å². The Morgan fingerprint density at radius 2 is 2.20 bits per heavy atom. The van der Waals surface area contributed by atoms with Gasteiger partial charge in [0.25, 0.3) is 0 Å². The largest absolute Gasteiger partial charge is 0.458 e. The van der Waals surface area contributed by atoms with Crippen LogP contribution in [0.4, 0.5) is 5.13 Å². The van der Waals surface area contributed by atoms with E-state index in [0.29, 0.717) is 34.8 Å². The predicted molar refractivity (Wildman–Crippen MR) is 98.7 cm³/mol. The zero-order valence-corrected chi connectivity index (χ0v) is 15.6. The highest BCUT2D eigenvalue weighted by Gasteiger charge is 2.29. The molecule has 2 amide bonds. The molecule has 25 heavy (non-hydrogen) atoms. The molecule has 7 nitrogen and oxygen atoms in total. The molecule has 1 saturated heterocycles. The van der Waals surface area contributed by atoms with E-state index in [1.54, 1.807) is 12.1 Å². The fraction of sp³-hybridized carbons (Fsp3) is 0.438. The topological polar surface area (TPSA) is 96.3 Å². The molecule has 0 aliphatic carbocycles. The number of furan rings is 1. The minimum atomic E-state index is -0.109. The molecule has 3 heterocycles. The van der Waals surface area contributed by atoms with Crippen LogP contribution in [0.15, 0.2) is 21.9 Å². The van der Waals surface area contributed by atoms with Crippen molar-refractivity contribution >= 4 is 40.7 Å². The van der Waals surface area contributed by atoms with Crippen LogP contribution in [0.5, 0.6) is 0 Å². The molecule has 0 aromatic carbocycles. The quantitative estimate of drug-likeness (QED) is 0.709. The van der Waals surface area contributed by atoms with E-state index in [9.17, 15) is 9.59 Å². The SMILES string of the molecule is CC(=O)NCc1ccc(-c2csc(NC(=O)C(C)C3CNC3)n2)o1.Cl. The number of nitrogens with one attached hydrogen (secondary N) is 3. The third-order valence-corrected chi connectivity index (χ3v) is 4.85. The monoisotopic (exact) mass is 384 g/mol. The predicted octanol–water partition coefficient (Wildman–Crippen LogP) is 2.26. The van der Waals surface area contributed by atoms with E-state index in [4.69, 9.17) is 4.42 Å². The molecule has 1 aliphatic rings. The van der Waals surface area contributed by atoms with Crippen LogP contribution in [0.25, 0.3) is 11.5 Å². The molecule has 0 spiro atoms. The highest BCUT2D eigenvalue weighted by Crippen LogP contribution is 2.27. The second kappa shape index (κ2) is 8.46. The minimum absolute atomic E-state index is 0. The minimum Gasteiger partial charge on any atom is -0.458 e. The summed E-state index contributed by atoms with van der Waals surface area (Å²) in [7, 11) is 0. The van der Waals surface area contributed by atoms with Crippen molar-refractivity contribution in [3.63, 3.8) is 0 Å². The van der Waals surface area contributed by atoms with Crippen LogP contribution in [0.1, 0.15) is 19.6 Å². The summed E-state index contributed by atoms with van der Waals surface area (Å²) in [4.78, 5) is 27.5.